The molecule has 0 saturated carbocycles. The van der Waals surface area contributed by atoms with Crippen LogP contribution in [0.3, 0.4) is 0 Å². The summed E-state index contributed by atoms with van der Waals surface area (Å²) < 4.78 is 0. The van der Waals surface area contributed by atoms with E-state index in [1.54, 1.807) is 18.2 Å². The van der Waals surface area contributed by atoms with Gasteiger partial charge >= 0.3 is 0 Å². The van der Waals surface area contributed by atoms with Crippen molar-refractivity contribution in [2.75, 3.05) is 11.9 Å². The largest absolute Gasteiger partial charge is 0.348 e. The first-order chi connectivity index (χ1) is 11.7. The molecule has 2 amide bonds. The van der Waals surface area contributed by atoms with Gasteiger partial charge in [-0.25, -0.2) is 0 Å². The molecule has 0 aliphatic carbocycles. The number of hydrogen-bond acceptors (Lipinski definition) is 3. The number of carbonyl (C=O) groups is 2. The van der Waals surface area contributed by atoms with Crippen LogP contribution < -0.4 is 16.0 Å². The minimum atomic E-state index is -0.211. The maximum atomic E-state index is 12.6. The molecule has 25 heavy (non-hydrogen) atoms. The van der Waals surface area contributed by atoms with Gasteiger partial charge in [0, 0.05) is 24.2 Å². The van der Waals surface area contributed by atoms with Gasteiger partial charge in [-0.3, -0.25) is 9.59 Å². The quantitative estimate of drug-likeness (QED) is 0.763. The van der Waals surface area contributed by atoms with Crippen LogP contribution in [0, 0.1) is 5.41 Å². The number of amides is 2. The zero-order valence-corrected chi connectivity index (χ0v) is 16.2. The van der Waals surface area contributed by atoms with Crippen molar-refractivity contribution in [3.05, 3.63) is 28.8 Å². The van der Waals surface area contributed by atoms with Gasteiger partial charge in [0.2, 0.25) is 5.91 Å². The van der Waals surface area contributed by atoms with Crippen molar-refractivity contribution in [1.82, 2.24) is 10.6 Å². The first-order valence-corrected chi connectivity index (χ1v) is 9.17. The van der Waals surface area contributed by atoms with E-state index in [1.165, 1.54) is 0 Å². The Hall–Kier alpha value is -1.59. The third-order valence-corrected chi connectivity index (χ3v) is 4.59. The van der Waals surface area contributed by atoms with E-state index < -0.39 is 0 Å². The Morgan fingerprint density at radius 1 is 1.32 bits per heavy atom. The van der Waals surface area contributed by atoms with Crippen molar-refractivity contribution < 1.29 is 9.59 Å². The zero-order chi connectivity index (χ0) is 18.6. The molecule has 0 bridgehead atoms. The molecule has 1 aliphatic heterocycles. The molecular weight excluding hydrogens is 338 g/mol. The van der Waals surface area contributed by atoms with Gasteiger partial charge in [-0.15, -0.1) is 0 Å². The van der Waals surface area contributed by atoms with Gasteiger partial charge < -0.3 is 16.0 Å². The first kappa shape index (κ1) is 19.7. The average Bonchev–Trinajstić information content (AvgIpc) is 2.49. The molecule has 1 aromatic carbocycles. The molecule has 1 saturated heterocycles. The molecule has 5 nitrogen and oxygen atoms in total. The summed E-state index contributed by atoms with van der Waals surface area (Å²) in [6.45, 7) is 9.06. The summed E-state index contributed by atoms with van der Waals surface area (Å²) in [6, 6.07) is 5.30. The van der Waals surface area contributed by atoms with Crippen molar-refractivity contribution in [3.8, 4) is 0 Å². The zero-order valence-electron chi connectivity index (χ0n) is 15.4. The summed E-state index contributed by atoms with van der Waals surface area (Å²) in [4.78, 5) is 24.7. The van der Waals surface area contributed by atoms with Gasteiger partial charge in [0.05, 0.1) is 10.6 Å². The number of benzene rings is 1. The van der Waals surface area contributed by atoms with Crippen LogP contribution in [0.15, 0.2) is 18.2 Å². The van der Waals surface area contributed by atoms with Crippen molar-refractivity contribution in [2.24, 2.45) is 5.41 Å². The fourth-order valence-corrected chi connectivity index (χ4v) is 3.15. The summed E-state index contributed by atoms with van der Waals surface area (Å²) >= 11 is 6.20. The molecule has 1 fully saturated rings. The molecule has 1 aromatic rings. The fraction of sp³-hybridized carbons (Fsp3) is 0.579. The number of anilines is 1. The highest BCUT2D eigenvalue weighted by Crippen LogP contribution is 2.23. The lowest BCUT2D eigenvalue weighted by Crippen LogP contribution is -2.51. The normalized spacial score (nSPS) is 20.8. The van der Waals surface area contributed by atoms with Crippen molar-refractivity contribution in [3.63, 3.8) is 0 Å². The molecular formula is C19H28ClN3O2. The molecule has 1 aliphatic rings. The Morgan fingerprint density at radius 3 is 2.68 bits per heavy atom. The monoisotopic (exact) mass is 365 g/mol. The fourth-order valence-electron chi connectivity index (χ4n) is 2.95. The van der Waals surface area contributed by atoms with Crippen LogP contribution in [0.2, 0.25) is 5.02 Å². The predicted molar refractivity (Wildman–Crippen MR) is 102 cm³/mol. The minimum absolute atomic E-state index is 0.0775. The second kappa shape index (κ2) is 8.19. The molecule has 138 valence electrons. The average molecular weight is 366 g/mol. The van der Waals surface area contributed by atoms with Gasteiger partial charge in [0.25, 0.3) is 5.91 Å². The van der Waals surface area contributed by atoms with Gasteiger partial charge in [0.1, 0.15) is 0 Å². The van der Waals surface area contributed by atoms with Gasteiger partial charge in [-0.1, -0.05) is 32.4 Å². The Kier molecular flexibility index (Phi) is 6.47. The summed E-state index contributed by atoms with van der Waals surface area (Å²) in [5, 5.41) is 9.62. The lowest BCUT2D eigenvalue weighted by molar-refractivity contribution is -0.117. The third-order valence-electron chi connectivity index (χ3n) is 4.26. The van der Waals surface area contributed by atoms with Crippen molar-refractivity contribution in [1.29, 1.82) is 0 Å². The standard InChI is InChI=1S/C19H28ClN3O2/c1-12-16(6-5-9-21-12)23-18(25)14-10-13(7-8-15(14)20)22-17(24)11-19(2,3)4/h7-8,10,12,16,21H,5-6,9,11H2,1-4H3,(H,22,24)(H,23,25). The number of hydrogen-bond donors (Lipinski definition) is 3. The second-order valence-corrected chi connectivity index (χ2v) is 8.35. The van der Waals surface area contributed by atoms with Crippen LogP contribution in [-0.4, -0.2) is 30.4 Å². The Morgan fingerprint density at radius 2 is 2.04 bits per heavy atom. The number of rotatable bonds is 4. The number of carbonyl (C=O) groups excluding carboxylic acids is 2. The molecule has 3 N–H and O–H groups in total. The summed E-state index contributed by atoms with van der Waals surface area (Å²) in [6.07, 6.45) is 2.38. The summed E-state index contributed by atoms with van der Waals surface area (Å²) in [5.41, 5.74) is 0.868. The highest BCUT2D eigenvalue weighted by molar-refractivity contribution is 6.34. The predicted octanol–water partition coefficient (Wildman–Crippen LogP) is 3.59. The molecule has 2 atom stereocenters. The molecule has 2 rings (SSSR count). The van der Waals surface area contributed by atoms with Crippen LogP contribution >= 0.6 is 11.6 Å². The molecule has 1 heterocycles. The van der Waals surface area contributed by atoms with Gasteiger partial charge in [-0.2, -0.15) is 0 Å². The van der Waals surface area contributed by atoms with E-state index in [1.807, 2.05) is 20.8 Å². The van der Waals surface area contributed by atoms with Crippen LogP contribution in [0.1, 0.15) is 57.3 Å². The topological polar surface area (TPSA) is 70.2 Å². The van der Waals surface area contributed by atoms with E-state index in [2.05, 4.69) is 22.9 Å². The van der Waals surface area contributed by atoms with E-state index >= 15 is 0 Å². The minimum Gasteiger partial charge on any atom is -0.348 e. The van der Waals surface area contributed by atoms with Crippen LogP contribution in [-0.2, 0) is 4.79 Å². The van der Waals surface area contributed by atoms with Crippen LogP contribution in [0.25, 0.3) is 0 Å². The number of piperidine rings is 1. The third kappa shape index (κ3) is 6.01. The van der Waals surface area contributed by atoms with E-state index in [9.17, 15) is 9.59 Å². The van der Waals surface area contributed by atoms with E-state index in [-0.39, 0.29) is 29.3 Å². The molecule has 0 aromatic heterocycles. The lowest BCUT2D eigenvalue weighted by atomic mass is 9.92. The molecule has 0 radical (unpaired) electrons. The smallest absolute Gasteiger partial charge is 0.253 e. The Labute approximate surface area is 154 Å². The summed E-state index contributed by atoms with van der Waals surface area (Å²) in [7, 11) is 0. The van der Waals surface area contributed by atoms with E-state index in [4.69, 9.17) is 11.6 Å². The molecule has 6 heteroatoms. The van der Waals surface area contributed by atoms with Gasteiger partial charge in [-0.05, 0) is 49.9 Å². The summed E-state index contributed by atoms with van der Waals surface area (Å²) in [5.74, 6) is -0.288. The van der Waals surface area contributed by atoms with Crippen LogP contribution in [0.4, 0.5) is 5.69 Å². The number of nitrogens with one attached hydrogen (secondary N) is 3. The van der Waals surface area contributed by atoms with Gasteiger partial charge in [0.15, 0.2) is 0 Å². The maximum Gasteiger partial charge on any atom is 0.253 e. The molecule has 0 spiro atoms. The Bertz CT molecular complexity index is 640. The first-order valence-electron chi connectivity index (χ1n) is 8.79. The second-order valence-electron chi connectivity index (χ2n) is 7.95. The number of halogens is 1. The SMILES string of the molecule is CC1NCCCC1NC(=O)c1cc(NC(=O)CC(C)(C)C)ccc1Cl. The van der Waals surface area contributed by atoms with E-state index in [0.717, 1.165) is 19.4 Å². The van der Waals surface area contributed by atoms with Crippen molar-refractivity contribution in [2.45, 2.75) is 59.0 Å². The highest BCUT2D eigenvalue weighted by atomic mass is 35.5. The molecule has 2 unspecified atom stereocenters. The van der Waals surface area contributed by atoms with Crippen LogP contribution in [0.5, 0.6) is 0 Å². The highest BCUT2D eigenvalue weighted by Gasteiger charge is 2.24. The van der Waals surface area contributed by atoms with Crippen molar-refractivity contribution >= 4 is 29.1 Å². The lowest BCUT2D eigenvalue weighted by Gasteiger charge is -2.30. The Balaban J connectivity index is 2.07. The van der Waals surface area contributed by atoms with E-state index in [0.29, 0.717) is 22.7 Å². The maximum absolute atomic E-state index is 12.6.